The molecule has 0 unspecified atom stereocenters. The Morgan fingerprint density at radius 1 is 0.935 bits per heavy atom. The molecule has 0 fully saturated rings. The van der Waals surface area contributed by atoms with Crippen molar-refractivity contribution in [3.63, 3.8) is 0 Å². The monoisotopic (exact) mass is 417 g/mol. The maximum Gasteiger partial charge on any atom is 0.293 e. The van der Waals surface area contributed by atoms with E-state index in [-0.39, 0.29) is 28.9 Å². The molecule has 1 amide bonds. The summed E-state index contributed by atoms with van der Waals surface area (Å²) < 4.78 is 0. The molecule has 0 atom stereocenters. The number of carbonyl (C=O) groups is 2. The number of ketones is 1. The quantitative estimate of drug-likeness (QED) is 0.304. The van der Waals surface area contributed by atoms with Gasteiger partial charge in [0.1, 0.15) is 5.69 Å². The van der Waals surface area contributed by atoms with Crippen molar-refractivity contribution in [3.8, 4) is 0 Å². The van der Waals surface area contributed by atoms with Crippen molar-refractivity contribution < 1.29 is 14.5 Å². The normalized spacial score (nSPS) is 10.5. The van der Waals surface area contributed by atoms with Crippen molar-refractivity contribution in [1.82, 2.24) is 0 Å². The van der Waals surface area contributed by atoms with E-state index < -0.39 is 4.92 Å². The maximum absolute atomic E-state index is 12.6. The summed E-state index contributed by atoms with van der Waals surface area (Å²) in [6.07, 6.45) is 0. The summed E-state index contributed by atoms with van der Waals surface area (Å²) in [5.74, 6) is -0.496. The van der Waals surface area contributed by atoms with Gasteiger partial charge in [-0.1, -0.05) is 56.3 Å². The molecular weight excluding hydrogens is 394 g/mol. The van der Waals surface area contributed by atoms with Crippen LogP contribution < -0.4 is 10.6 Å². The summed E-state index contributed by atoms with van der Waals surface area (Å²) in [6, 6.07) is 20.3. The minimum atomic E-state index is -0.511. The second kappa shape index (κ2) is 9.67. The van der Waals surface area contributed by atoms with Crippen LogP contribution in [0.25, 0.3) is 0 Å². The Kier molecular flexibility index (Phi) is 6.77. The molecule has 0 saturated carbocycles. The van der Waals surface area contributed by atoms with Crippen LogP contribution in [-0.4, -0.2) is 16.6 Å². The molecule has 0 aliphatic heterocycles. The molecule has 0 aromatic heterocycles. The standard InChI is InChI=1S/C24H23N3O4/c1-16(2)24(29)26-20-10-6-7-17(13-20)15-25-21-12-11-19(14-22(21)27(30)31)23(28)18-8-4-3-5-9-18/h3-14,16,25H,15H2,1-2H3,(H,26,29). The van der Waals surface area contributed by atoms with Gasteiger partial charge in [0.15, 0.2) is 5.78 Å². The summed E-state index contributed by atoms with van der Waals surface area (Å²) in [7, 11) is 0. The van der Waals surface area contributed by atoms with Gasteiger partial charge in [-0.05, 0) is 29.8 Å². The number of nitrogens with zero attached hydrogens (tertiary/aromatic N) is 1. The third-order valence-corrected chi connectivity index (χ3v) is 4.69. The van der Waals surface area contributed by atoms with Crippen molar-refractivity contribution in [2.24, 2.45) is 5.92 Å². The van der Waals surface area contributed by atoms with Crippen LogP contribution in [0.5, 0.6) is 0 Å². The van der Waals surface area contributed by atoms with E-state index in [0.717, 1.165) is 5.56 Å². The Bertz CT molecular complexity index is 1110. The number of carbonyl (C=O) groups excluding carboxylic acids is 2. The number of hydrogen-bond acceptors (Lipinski definition) is 5. The smallest absolute Gasteiger partial charge is 0.293 e. The lowest BCUT2D eigenvalue weighted by Gasteiger charge is -2.11. The number of nitrogens with one attached hydrogen (secondary N) is 2. The molecule has 7 nitrogen and oxygen atoms in total. The molecule has 0 aliphatic rings. The van der Waals surface area contributed by atoms with Gasteiger partial charge in [0.2, 0.25) is 5.91 Å². The van der Waals surface area contributed by atoms with Crippen molar-refractivity contribution in [2.45, 2.75) is 20.4 Å². The van der Waals surface area contributed by atoms with Crippen LogP contribution in [0.3, 0.4) is 0 Å². The van der Waals surface area contributed by atoms with Gasteiger partial charge in [0, 0.05) is 35.3 Å². The number of hydrogen-bond donors (Lipinski definition) is 2. The molecular formula is C24H23N3O4. The van der Waals surface area contributed by atoms with E-state index in [0.29, 0.717) is 23.5 Å². The SMILES string of the molecule is CC(C)C(=O)Nc1cccc(CNc2ccc(C(=O)c3ccccc3)cc2[N+](=O)[O-])c1. The van der Waals surface area contributed by atoms with Crippen LogP contribution in [0, 0.1) is 16.0 Å². The summed E-state index contributed by atoms with van der Waals surface area (Å²) in [4.78, 5) is 35.6. The van der Waals surface area contributed by atoms with Gasteiger partial charge in [-0.15, -0.1) is 0 Å². The molecule has 7 heteroatoms. The first-order valence-corrected chi connectivity index (χ1v) is 9.87. The molecule has 158 valence electrons. The van der Waals surface area contributed by atoms with Crippen molar-refractivity contribution >= 4 is 28.8 Å². The Labute approximate surface area is 180 Å². The van der Waals surface area contributed by atoms with Crippen LogP contribution in [-0.2, 0) is 11.3 Å². The number of benzene rings is 3. The number of anilines is 2. The van der Waals surface area contributed by atoms with Gasteiger partial charge in [-0.3, -0.25) is 19.7 Å². The third kappa shape index (κ3) is 5.54. The minimum Gasteiger partial charge on any atom is -0.375 e. The maximum atomic E-state index is 12.6. The van der Waals surface area contributed by atoms with Gasteiger partial charge >= 0.3 is 0 Å². The summed E-state index contributed by atoms with van der Waals surface area (Å²) in [5, 5.41) is 17.5. The van der Waals surface area contributed by atoms with Crippen LogP contribution in [0.1, 0.15) is 35.3 Å². The zero-order chi connectivity index (χ0) is 22.4. The highest BCUT2D eigenvalue weighted by Crippen LogP contribution is 2.27. The Balaban J connectivity index is 1.77. The first-order valence-electron chi connectivity index (χ1n) is 9.87. The van der Waals surface area contributed by atoms with Crippen molar-refractivity contribution in [1.29, 1.82) is 0 Å². The molecule has 0 bridgehead atoms. The lowest BCUT2D eigenvalue weighted by molar-refractivity contribution is -0.384. The van der Waals surface area contributed by atoms with Crippen LogP contribution in [0.4, 0.5) is 17.1 Å². The number of amides is 1. The highest BCUT2D eigenvalue weighted by Gasteiger charge is 2.18. The fourth-order valence-electron chi connectivity index (χ4n) is 2.97. The van der Waals surface area contributed by atoms with Crippen LogP contribution >= 0.6 is 0 Å². The van der Waals surface area contributed by atoms with Gasteiger partial charge < -0.3 is 10.6 Å². The highest BCUT2D eigenvalue weighted by molar-refractivity contribution is 6.09. The first kappa shape index (κ1) is 21.7. The van der Waals surface area contributed by atoms with E-state index >= 15 is 0 Å². The van der Waals surface area contributed by atoms with Crippen LogP contribution in [0.2, 0.25) is 0 Å². The van der Waals surface area contributed by atoms with E-state index in [1.807, 2.05) is 32.0 Å². The van der Waals surface area contributed by atoms with Crippen LogP contribution in [0.15, 0.2) is 72.8 Å². The third-order valence-electron chi connectivity index (χ3n) is 4.69. The largest absolute Gasteiger partial charge is 0.375 e. The van der Waals surface area contributed by atoms with Crippen molar-refractivity contribution in [2.75, 3.05) is 10.6 Å². The zero-order valence-electron chi connectivity index (χ0n) is 17.3. The van der Waals surface area contributed by atoms with E-state index in [1.54, 1.807) is 48.5 Å². The molecule has 31 heavy (non-hydrogen) atoms. The highest BCUT2D eigenvalue weighted by atomic mass is 16.6. The minimum absolute atomic E-state index is 0.0839. The molecule has 0 radical (unpaired) electrons. The topological polar surface area (TPSA) is 101 Å². The fraction of sp³-hybridized carbons (Fsp3) is 0.167. The number of nitro groups is 1. The Morgan fingerprint density at radius 2 is 1.68 bits per heavy atom. The summed E-state index contributed by atoms with van der Waals surface area (Å²) in [5.41, 5.74) is 2.37. The first-order chi connectivity index (χ1) is 14.8. The molecule has 0 heterocycles. The van der Waals surface area contributed by atoms with Crippen molar-refractivity contribution in [3.05, 3.63) is 99.6 Å². The average molecular weight is 417 g/mol. The predicted molar refractivity (Wildman–Crippen MR) is 120 cm³/mol. The molecule has 0 spiro atoms. The average Bonchev–Trinajstić information content (AvgIpc) is 2.77. The van der Waals surface area contributed by atoms with Gasteiger partial charge in [0.25, 0.3) is 5.69 Å². The Morgan fingerprint density at radius 3 is 2.35 bits per heavy atom. The van der Waals surface area contributed by atoms with E-state index in [4.69, 9.17) is 0 Å². The van der Waals surface area contributed by atoms with E-state index in [1.165, 1.54) is 6.07 Å². The molecule has 3 rings (SSSR count). The summed E-state index contributed by atoms with van der Waals surface area (Å²) in [6.45, 7) is 3.94. The second-order valence-corrected chi connectivity index (χ2v) is 7.38. The van der Waals surface area contributed by atoms with Gasteiger partial charge in [-0.25, -0.2) is 0 Å². The fourth-order valence-corrected chi connectivity index (χ4v) is 2.97. The molecule has 0 saturated heterocycles. The molecule has 0 aliphatic carbocycles. The van der Waals surface area contributed by atoms with Gasteiger partial charge in [-0.2, -0.15) is 0 Å². The Hall–Kier alpha value is -4.00. The summed E-state index contributed by atoms with van der Waals surface area (Å²) >= 11 is 0. The predicted octanol–water partition coefficient (Wildman–Crippen LogP) is 5.03. The molecule has 3 aromatic rings. The lowest BCUT2D eigenvalue weighted by Crippen LogP contribution is -2.17. The van der Waals surface area contributed by atoms with Gasteiger partial charge in [0.05, 0.1) is 4.92 Å². The molecule has 3 aromatic carbocycles. The van der Waals surface area contributed by atoms with E-state index in [9.17, 15) is 19.7 Å². The second-order valence-electron chi connectivity index (χ2n) is 7.38. The molecule has 2 N–H and O–H groups in total. The van der Waals surface area contributed by atoms with E-state index in [2.05, 4.69) is 10.6 Å². The number of nitro benzene ring substituents is 1. The number of rotatable bonds is 8. The lowest BCUT2D eigenvalue weighted by atomic mass is 10.0. The zero-order valence-corrected chi connectivity index (χ0v) is 17.3.